The van der Waals surface area contributed by atoms with E-state index in [2.05, 4.69) is 16.2 Å². The lowest BCUT2D eigenvalue weighted by Crippen LogP contribution is -2.67. The summed E-state index contributed by atoms with van der Waals surface area (Å²) >= 11 is 4.92. The highest BCUT2D eigenvalue weighted by atomic mass is 32.1. The molecule has 0 aromatic carbocycles. The third kappa shape index (κ3) is 1.11. The van der Waals surface area contributed by atoms with Crippen LogP contribution in [0, 0.1) is 0 Å². The van der Waals surface area contributed by atoms with E-state index in [0.29, 0.717) is 5.11 Å². The highest BCUT2D eigenvalue weighted by Gasteiger charge is 2.44. The lowest BCUT2D eigenvalue weighted by atomic mass is 10.3. The Bertz CT molecular complexity index is 270. The van der Waals surface area contributed by atoms with Crippen LogP contribution < -0.4 is 16.2 Å². The van der Waals surface area contributed by atoms with Crippen LogP contribution in [0.1, 0.15) is 0 Å². The third-order valence-electron chi connectivity index (χ3n) is 2.35. The number of nitrogens with one attached hydrogen (secondary N) is 3. The monoisotopic (exact) mass is 201 g/mol. The number of nitrogens with zero attached hydrogens (tertiary/aromatic N) is 2. The first-order valence-electron chi connectivity index (χ1n) is 3.93. The van der Waals surface area contributed by atoms with Crippen LogP contribution in [0.2, 0.25) is 0 Å². The first-order valence-corrected chi connectivity index (χ1v) is 4.34. The number of thiocarbonyl (C=S) groups is 1. The van der Waals surface area contributed by atoms with Crippen LogP contribution >= 0.6 is 12.2 Å². The Morgan fingerprint density at radius 1 is 1.31 bits per heavy atom. The number of carbonyl (C=O) groups excluding carboxylic acids is 1. The summed E-state index contributed by atoms with van der Waals surface area (Å²) < 4.78 is 0. The molecule has 2 rings (SSSR count). The van der Waals surface area contributed by atoms with Crippen LogP contribution in [0.15, 0.2) is 0 Å². The van der Waals surface area contributed by atoms with Crippen molar-refractivity contribution in [1.82, 2.24) is 26.0 Å². The van der Waals surface area contributed by atoms with Crippen LogP contribution in [0.25, 0.3) is 0 Å². The minimum Gasteiger partial charge on any atom is -0.338 e. The summed E-state index contributed by atoms with van der Waals surface area (Å²) in [6.07, 6.45) is -0.171. The average molecular weight is 201 g/mol. The quantitative estimate of drug-likeness (QED) is 0.422. The van der Waals surface area contributed by atoms with Crippen LogP contribution in [-0.2, 0) is 0 Å². The van der Waals surface area contributed by atoms with E-state index in [0.717, 1.165) is 0 Å². The molecule has 7 heteroatoms. The van der Waals surface area contributed by atoms with Gasteiger partial charge in [-0.15, -0.1) is 0 Å². The van der Waals surface area contributed by atoms with Crippen molar-refractivity contribution in [3.8, 4) is 0 Å². The molecule has 13 heavy (non-hydrogen) atoms. The Kier molecular flexibility index (Phi) is 1.77. The molecule has 0 aliphatic carbocycles. The number of fused-ring (bicyclic) bond motifs is 1. The van der Waals surface area contributed by atoms with E-state index in [4.69, 9.17) is 12.2 Å². The number of urea groups is 1. The van der Waals surface area contributed by atoms with E-state index in [1.54, 1.807) is 23.9 Å². The lowest BCUT2D eigenvalue weighted by Gasteiger charge is -2.33. The summed E-state index contributed by atoms with van der Waals surface area (Å²) in [5.74, 6) is 0. The molecule has 2 aliphatic rings. The standard InChI is InChI=1S/C6H11N5OS/c1-10-3-4(11(2)6(10)12)8-9-5(13)7-3/h3-4,8H,1-2H3,(H2,7,9,13). The van der Waals surface area contributed by atoms with Gasteiger partial charge in [-0.2, -0.15) is 0 Å². The molecular weight excluding hydrogens is 190 g/mol. The number of rotatable bonds is 0. The van der Waals surface area contributed by atoms with Gasteiger partial charge in [0.25, 0.3) is 0 Å². The summed E-state index contributed by atoms with van der Waals surface area (Å²) in [6.45, 7) is 0. The summed E-state index contributed by atoms with van der Waals surface area (Å²) in [4.78, 5) is 14.7. The molecule has 2 saturated heterocycles. The van der Waals surface area contributed by atoms with Crippen LogP contribution in [0.3, 0.4) is 0 Å². The molecule has 2 fully saturated rings. The van der Waals surface area contributed by atoms with Gasteiger partial charge in [0.15, 0.2) is 5.11 Å². The van der Waals surface area contributed by atoms with Gasteiger partial charge in [0.1, 0.15) is 12.3 Å². The minimum absolute atomic E-state index is 0.0264. The van der Waals surface area contributed by atoms with Gasteiger partial charge in [-0.3, -0.25) is 5.43 Å². The second-order valence-electron chi connectivity index (χ2n) is 3.14. The van der Waals surface area contributed by atoms with Gasteiger partial charge in [0.05, 0.1) is 0 Å². The van der Waals surface area contributed by atoms with Crippen molar-refractivity contribution in [2.24, 2.45) is 0 Å². The Morgan fingerprint density at radius 2 is 1.92 bits per heavy atom. The van der Waals surface area contributed by atoms with Gasteiger partial charge in [-0.25, -0.2) is 10.2 Å². The summed E-state index contributed by atoms with van der Waals surface area (Å²) in [5.41, 5.74) is 5.73. The predicted octanol–water partition coefficient (Wildman–Crippen LogP) is -1.38. The lowest BCUT2D eigenvalue weighted by molar-refractivity contribution is 0.196. The summed E-state index contributed by atoms with van der Waals surface area (Å²) in [6, 6.07) is -0.0264. The van der Waals surface area contributed by atoms with E-state index in [1.165, 1.54) is 0 Å². The molecule has 0 saturated carbocycles. The van der Waals surface area contributed by atoms with Gasteiger partial charge in [-0.1, -0.05) is 0 Å². The zero-order chi connectivity index (χ0) is 9.59. The molecule has 0 spiro atoms. The molecule has 2 amide bonds. The fraction of sp³-hybridized carbons (Fsp3) is 0.667. The molecule has 0 bridgehead atoms. The van der Waals surface area contributed by atoms with Gasteiger partial charge < -0.3 is 15.1 Å². The van der Waals surface area contributed by atoms with Crippen molar-refractivity contribution in [2.45, 2.75) is 12.3 Å². The van der Waals surface area contributed by atoms with Crippen molar-refractivity contribution in [3.63, 3.8) is 0 Å². The fourth-order valence-corrected chi connectivity index (χ4v) is 1.75. The number of carbonyl (C=O) groups is 1. The molecular formula is C6H11N5OS. The number of amides is 2. The van der Waals surface area contributed by atoms with E-state index in [9.17, 15) is 4.79 Å². The topological polar surface area (TPSA) is 59.6 Å². The van der Waals surface area contributed by atoms with Crippen LogP contribution in [-0.4, -0.2) is 47.4 Å². The number of hydrogen-bond donors (Lipinski definition) is 3. The highest BCUT2D eigenvalue weighted by molar-refractivity contribution is 7.80. The van der Waals surface area contributed by atoms with Gasteiger partial charge in [-0.05, 0) is 12.2 Å². The molecule has 6 nitrogen and oxygen atoms in total. The Morgan fingerprint density at radius 3 is 2.62 bits per heavy atom. The Labute approximate surface area is 81.2 Å². The molecule has 0 radical (unpaired) electrons. The van der Waals surface area contributed by atoms with Crippen LogP contribution in [0.4, 0.5) is 4.79 Å². The normalized spacial score (nSPS) is 32.8. The van der Waals surface area contributed by atoms with Crippen molar-refractivity contribution >= 4 is 23.4 Å². The van der Waals surface area contributed by atoms with E-state index < -0.39 is 0 Å². The highest BCUT2D eigenvalue weighted by Crippen LogP contribution is 2.16. The number of likely N-dealkylation sites (N-methyl/N-ethyl adjacent to an activating group) is 2. The molecule has 2 unspecified atom stereocenters. The Hall–Kier alpha value is -1.08. The molecule has 2 heterocycles. The number of hydrazine groups is 1. The SMILES string of the molecule is CN1C(=O)N(C)C2NC(=S)NNC21. The van der Waals surface area contributed by atoms with Crippen molar-refractivity contribution in [1.29, 1.82) is 0 Å². The van der Waals surface area contributed by atoms with Crippen LogP contribution in [0.5, 0.6) is 0 Å². The molecule has 72 valence electrons. The fourth-order valence-electron chi connectivity index (χ4n) is 1.57. The first-order chi connectivity index (χ1) is 6.11. The molecule has 2 atom stereocenters. The maximum atomic E-state index is 11.5. The predicted molar refractivity (Wildman–Crippen MR) is 50.5 cm³/mol. The average Bonchev–Trinajstić information content (AvgIpc) is 2.32. The second kappa shape index (κ2) is 2.71. The van der Waals surface area contributed by atoms with Gasteiger partial charge in [0.2, 0.25) is 0 Å². The van der Waals surface area contributed by atoms with Crippen molar-refractivity contribution < 1.29 is 4.79 Å². The maximum absolute atomic E-state index is 11.5. The van der Waals surface area contributed by atoms with E-state index in [-0.39, 0.29) is 18.4 Å². The molecule has 2 aliphatic heterocycles. The van der Waals surface area contributed by atoms with E-state index in [1.807, 2.05) is 0 Å². The number of hydrogen-bond acceptors (Lipinski definition) is 3. The zero-order valence-electron chi connectivity index (χ0n) is 7.37. The molecule has 0 aromatic rings. The Balaban J connectivity index is 2.22. The van der Waals surface area contributed by atoms with Gasteiger partial charge in [0, 0.05) is 14.1 Å². The van der Waals surface area contributed by atoms with E-state index >= 15 is 0 Å². The third-order valence-corrected chi connectivity index (χ3v) is 2.57. The van der Waals surface area contributed by atoms with Gasteiger partial charge >= 0.3 is 6.03 Å². The molecule has 3 N–H and O–H groups in total. The smallest absolute Gasteiger partial charge is 0.322 e. The summed E-state index contributed by atoms with van der Waals surface area (Å²) in [7, 11) is 3.49. The second-order valence-corrected chi connectivity index (χ2v) is 3.55. The zero-order valence-corrected chi connectivity index (χ0v) is 8.18. The summed E-state index contributed by atoms with van der Waals surface area (Å²) in [5, 5.41) is 3.52. The van der Waals surface area contributed by atoms with Crippen molar-refractivity contribution in [3.05, 3.63) is 0 Å². The minimum atomic E-state index is -0.0914. The first kappa shape index (κ1) is 8.52. The van der Waals surface area contributed by atoms with Crippen molar-refractivity contribution in [2.75, 3.05) is 14.1 Å². The largest absolute Gasteiger partial charge is 0.338 e. The maximum Gasteiger partial charge on any atom is 0.322 e. The molecule has 0 aromatic heterocycles.